The molecule has 3 aromatic carbocycles. The summed E-state index contributed by atoms with van der Waals surface area (Å²) in [7, 11) is 0. The van der Waals surface area contributed by atoms with E-state index in [1.807, 2.05) is 48.5 Å². The maximum atomic E-state index is 13.8. The molecule has 4 heteroatoms. The Morgan fingerprint density at radius 3 is 2.33 bits per heavy atom. The highest BCUT2D eigenvalue weighted by atomic mass is 16.3. The number of likely N-dealkylation sites (tertiary alicyclic amines) is 1. The zero-order valence-corrected chi connectivity index (χ0v) is 21.4. The summed E-state index contributed by atoms with van der Waals surface area (Å²) in [5, 5.41) is 10.4. The van der Waals surface area contributed by atoms with E-state index in [4.69, 9.17) is 0 Å². The number of carbonyl (C=O) groups is 1. The third kappa shape index (κ3) is 5.49. The number of hydrogen-bond acceptors (Lipinski definition) is 3. The highest BCUT2D eigenvalue weighted by Crippen LogP contribution is 2.37. The van der Waals surface area contributed by atoms with Gasteiger partial charge in [-0.1, -0.05) is 79.9 Å². The van der Waals surface area contributed by atoms with E-state index in [2.05, 4.69) is 41.0 Å². The average Bonchev–Trinajstić information content (AvgIpc) is 3.31. The highest BCUT2D eigenvalue weighted by molar-refractivity contribution is 5.94. The normalized spacial score (nSPS) is 20.9. The number of para-hydroxylation sites is 1. The molecule has 3 aromatic rings. The maximum absolute atomic E-state index is 13.8. The lowest BCUT2D eigenvalue weighted by molar-refractivity contribution is 0.0588. The van der Waals surface area contributed by atoms with Crippen LogP contribution in [0.15, 0.2) is 78.9 Å². The van der Waals surface area contributed by atoms with E-state index in [0.717, 1.165) is 50.1 Å². The van der Waals surface area contributed by atoms with Crippen LogP contribution in [0.4, 0.5) is 0 Å². The van der Waals surface area contributed by atoms with Crippen LogP contribution in [0.3, 0.4) is 0 Å². The number of carbonyl (C=O) groups excluding carboxylic acids is 1. The number of amides is 1. The van der Waals surface area contributed by atoms with Crippen LogP contribution < -0.4 is 0 Å². The van der Waals surface area contributed by atoms with Crippen molar-refractivity contribution in [1.82, 2.24) is 9.80 Å². The molecule has 0 aromatic heterocycles. The molecule has 4 nitrogen and oxygen atoms in total. The molecule has 36 heavy (non-hydrogen) atoms. The Morgan fingerprint density at radius 1 is 0.889 bits per heavy atom. The third-order valence-electron chi connectivity index (χ3n) is 8.22. The van der Waals surface area contributed by atoms with Gasteiger partial charge in [-0.05, 0) is 55.0 Å². The van der Waals surface area contributed by atoms with Gasteiger partial charge in [-0.15, -0.1) is 0 Å². The Morgan fingerprint density at radius 2 is 1.58 bits per heavy atom. The van der Waals surface area contributed by atoms with Crippen LogP contribution in [-0.4, -0.2) is 46.5 Å². The van der Waals surface area contributed by atoms with E-state index in [-0.39, 0.29) is 5.91 Å². The van der Waals surface area contributed by atoms with Gasteiger partial charge in [-0.3, -0.25) is 9.69 Å². The van der Waals surface area contributed by atoms with Crippen molar-refractivity contribution in [2.75, 3.05) is 19.6 Å². The van der Waals surface area contributed by atoms with E-state index in [9.17, 15) is 9.90 Å². The van der Waals surface area contributed by atoms with E-state index in [0.29, 0.717) is 23.6 Å². The van der Waals surface area contributed by atoms with Gasteiger partial charge < -0.3 is 10.0 Å². The second kappa shape index (κ2) is 11.3. The number of hydrogen-bond donors (Lipinski definition) is 1. The van der Waals surface area contributed by atoms with E-state index in [1.54, 1.807) is 6.07 Å². The summed E-state index contributed by atoms with van der Waals surface area (Å²) in [6.45, 7) is 5.54. The summed E-state index contributed by atoms with van der Waals surface area (Å²) in [5.41, 5.74) is 4.46. The molecule has 188 valence electrons. The standard InChI is InChI=1S/C32H38N2O2/c1-24-12-8-10-18-29(24)30-23-33(20-26-15-9-11-19-31(26)35)21-27(30)22-34(28-16-6-3-7-17-28)32(36)25-13-4-2-5-14-25/h2,4-5,8-15,18-19,27-28,30,35H,3,6-7,16-17,20-23H2,1H3/t27-,30-/m1/s1. The van der Waals surface area contributed by atoms with Gasteiger partial charge in [0.25, 0.3) is 5.91 Å². The van der Waals surface area contributed by atoms with Crippen LogP contribution in [0.2, 0.25) is 0 Å². The lowest BCUT2D eigenvalue weighted by Crippen LogP contribution is -2.45. The SMILES string of the molecule is Cc1ccccc1[C@@H]1CN(Cc2ccccc2O)C[C@@H]1CN(C(=O)c1ccccc1)C1CCCCC1. The number of benzene rings is 3. The minimum absolute atomic E-state index is 0.171. The van der Waals surface area contributed by atoms with Gasteiger partial charge >= 0.3 is 0 Å². The van der Waals surface area contributed by atoms with Crippen LogP contribution >= 0.6 is 0 Å². The number of aryl methyl sites for hydroxylation is 1. The summed E-state index contributed by atoms with van der Waals surface area (Å²) >= 11 is 0. The molecular formula is C32H38N2O2. The molecule has 2 fully saturated rings. The third-order valence-corrected chi connectivity index (χ3v) is 8.22. The number of phenols is 1. The number of phenolic OH excluding ortho intramolecular Hbond substituents is 1. The maximum Gasteiger partial charge on any atom is 0.254 e. The van der Waals surface area contributed by atoms with Crippen LogP contribution in [-0.2, 0) is 6.54 Å². The molecule has 2 aliphatic rings. The van der Waals surface area contributed by atoms with Crippen molar-refractivity contribution < 1.29 is 9.90 Å². The molecule has 1 aliphatic carbocycles. The molecule has 1 amide bonds. The van der Waals surface area contributed by atoms with Crippen molar-refractivity contribution >= 4 is 5.91 Å². The molecule has 1 N–H and O–H groups in total. The molecule has 0 spiro atoms. The molecule has 2 atom stereocenters. The van der Waals surface area contributed by atoms with Crippen LogP contribution in [0.5, 0.6) is 5.75 Å². The monoisotopic (exact) mass is 482 g/mol. The molecule has 1 heterocycles. The summed E-state index contributed by atoms with van der Waals surface area (Å²) in [6, 6.07) is 26.5. The van der Waals surface area contributed by atoms with Gasteiger partial charge in [0.05, 0.1) is 0 Å². The molecule has 1 saturated carbocycles. The van der Waals surface area contributed by atoms with Crippen LogP contribution in [0.1, 0.15) is 65.1 Å². The number of aromatic hydroxyl groups is 1. The zero-order chi connectivity index (χ0) is 24.9. The fourth-order valence-corrected chi connectivity index (χ4v) is 6.30. The molecule has 0 bridgehead atoms. The predicted octanol–water partition coefficient (Wildman–Crippen LogP) is 6.39. The quantitative estimate of drug-likeness (QED) is 0.424. The topological polar surface area (TPSA) is 43.8 Å². The minimum atomic E-state index is 0.171. The second-order valence-corrected chi connectivity index (χ2v) is 10.7. The van der Waals surface area contributed by atoms with Crippen molar-refractivity contribution in [2.45, 2.75) is 57.5 Å². The van der Waals surface area contributed by atoms with Gasteiger partial charge in [0.2, 0.25) is 0 Å². The van der Waals surface area contributed by atoms with Crippen molar-refractivity contribution in [1.29, 1.82) is 0 Å². The first-order chi connectivity index (χ1) is 17.6. The number of rotatable bonds is 7. The Hall–Kier alpha value is -3.11. The Labute approximate surface area is 215 Å². The van der Waals surface area contributed by atoms with E-state index < -0.39 is 0 Å². The smallest absolute Gasteiger partial charge is 0.254 e. The Balaban J connectivity index is 1.43. The molecular weight excluding hydrogens is 444 g/mol. The Bertz CT molecular complexity index is 1160. The van der Waals surface area contributed by atoms with Crippen molar-refractivity contribution in [2.24, 2.45) is 5.92 Å². The van der Waals surface area contributed by atoms with Crippen LogP contribution in [0, 0.1) is 12.8 Å². The summed E-state index contributed by atoms with van der Waals surface area (Å²) < 4.78 is 0. The minimum Gasteiger partial charge on any atom is -0.508 e. The van der Waals surface area contributed by atoms with Gasteiger partial charge in [0, 0.05) is 49.3 Å². The lowest BCUT2D eigenvalue weighted by Gasteiger charge is -2.37. The average molecular weight is 483 g/mol. The molecule has 1 aliphatic heterocycles. The van der Waals surface area contributed by atoms with Gasteiger partial charge in [0.1, 0.15) is 5.75 Å². The first-order valence-electron chi connectivity index (χ1n) is 13.5. The van der Waals surface area contributed by atoms with Gasteiger partial charge in [-0.25, -0.2) is 0 Å². The second-order valence-electron chi connectivity index (χ2n) is 10.7. The van der Waals surface area contributed by atoms with Crippen molar-refractivity contribution in [3.63, 3.8) is 0 Å². The Kier molecular flexibility index (Phi) is 7.72. The molecule has 1 saturated heterocycles. The summed E-state index contributed by atoms with van der Waals surface area (Å²) in [6.07, 6.45) is 5.88. The lowest BCUT2D eigenvalue weighted by atomic mass is 9.85. The van der Waals surface area contributed by atoms with Gasteiger partial charge in [0.15, 0.2) is 0 Å². The molecule has 5 rings (SSSR count). The van der Waals surface area contributed by atoms with E-state index >= 15 is 0 Å². The first kappa shape index (κ1) is 24.6. The fourth-order valence-electron chi connectivity index (χ4n) is 6.30. The molecule has 0 unspecified atom stereocenters. The highest BCUT2D eigenvalue weighted by Gasteiger charge is 2.38. The van der Waals surface area contributed by atoms with Crippen LogP contribution in [0.25, 0.3) is 0 Å². The van der Waals surface area contributed by atoms with Gasteiger partial charge in [-0.2, -0.15) is 0 Å². The summed E-state index contributed by atoms with van der Waals surface area (Å²) in [4.78, 5) is 18.5. The fraction of sp³-hybridized carbons (Fsp3) is 0.406. The first-order valence-corrected chi connectivity index (χ1v) is 13.5. The van der Waals surface area contributed by atoms with Crippen molar-refractivity contribution in [3.05, 3.63) is 101 Å². The van der Waals surface area contributed by atoms with E-state index in [1.165, 1.54) is 30.4 Å². The largest absolute Gasteiger partial charge is 0.508 e. The summed E-state index contributed by atoms with van der Waals surface area (Å²) in [5.74, 6) is 1.22. The predicted molar refractivity (Wildman–Crippen MR) is 145 cm³/mol. The number of nitrogens with zero attached hydrogens (tertiary/aromatic N) is 2. The van der Waals surface area contributed by atoms with Crippen molar-refractivity contribution in [3.8, 4) is 5.75 Å². The zero-order valence-electron chi connectivity index (χ0n) is 21.4. The molecule has 0 radical (unpaired) electrons.